The number of aromatic nitrogens is 1. The molecule has 0 aliphatic carbocycles. The largest absolute Gasteiger partial charge is 0.467 e. The first-order valence-corrected chi connectivity index (χ1v) is 11.7. The lowest BCUT2D eigenvalue weighted by atomic mass is 9.95. The fourth-order valence-electron chi connectivity index (χ4n) is 5.06. The lowest BCUT2D eigenvalue weighted by Crippen LogP contribution is -2.49. The van der Waals surface area contributed by atoms with Gasteiger partial charge in [0.1, 0.15) is 11.8 Å². The minimum atomic E-state index is -0.612. The number of para-hydroxylation sites is 1. The van der Waals surface area contributed by atoms with Crippen LogP contribution < -0.4 is 5.32 Å². The average Bonchev–Trinajstić information content (AvgIpc) is 3.54. The number of nitrogens with zero attached hydrogens (tertiary/aromatic N) is 2. The Morgan fingerprint density at radius 3 is 2.56 bits per heavy atom. The lowest BCUT2D eigenvalue weighted by Gasteiger charge is -2.33. The van der Waals surface area contributed by atoms with Crippen LogP contribution in [0.5, 0.6) is 0 Å². The number of amides is 2. The first kappa shape index (κ1) is 22.0. The number of rotatable bonds is 7. The van der Waals surface area contributed by atoms with E-state index in [1.54, 1.807) is 17.2 Å². The first-order chi connectivity index (χ1) is 16.5. The molecule has 0 bridgehead atoms. The summed E-state index contributed by atoms with van der Waals surface area (Å²) >= 11 is 0. The summed E-state index contributed by atoms with van der Waals surface area (Å²) in [5, 5.41) is 4.08. The van der Waals surface area contributed by atoms with Gasteiger partial charge in [-0.3, -0.25) is 9.59 Å². The number of hydrogen-bond acceptors (Lipinski definition) is 3. The van der Waals surface area contributed by atoms with Gasteiger partial charge in [0.25, 0.3) is 5.91 Å². The van der Waals surface area contributed by atoms with Crippen molar-refractivity contribution in [3.8, 4) is 0 Å². The van der Waals surface area contributed by atoms with Crippen molar-refractivity contribution in [1.29, 1.82) is 0 Å². The first-order valence-electron chi connectivity index (χ1n) is 11.7. The fraction of sp³-hybridized carbons (Fsp3) is 0.286. The van der Waals surface area contributed by atoms with Gasteiger partial charge in [-0.05, 0) is 42.2 Å². The number of aryl methyl sites for hydroxylation is 1. The minimum Gasteiger partial charge on any atom is -0.467 e. The summed E-state index contributed by atoms with van der Waals surface area (Å²) in [6.07, 6.45) is 4.24. The quantitative estimate of drug-likeness (QED) is 0.424. The SMILES string of the molecule is CC(C)CC(C(=O)NCc1ccco1)N1C(=O)c2ccccc2C1c1cn(C)c2ccccc12. The summed E-state index contributed by atoms with van der Waals surface area (Å²) in [6.45, 7) is 4.44. The number of furan rings is 1. The van der Waals surface area contributed by atoms with Crippen LogP contribution in [0.1, 0.15) is 53.6 Å². The summed E-state index contributed by atoms with van der Waals surface area (Å²) in [5.74, 6) is 0.631. The lowest BCUT2D eigenvalue weighted by molar-refractivity contribution is -0.126. The molecule has 1 N–H and O–H groups in total. The maximum atomic E-state index is 13.8. The van der Waals surface area contributed by atoms with E-state index in [0.717, 1.165) is 22.0 Å². The second-order valence-corrected chi connectivity index (χ2v) is 9.36. The molecular weight excluding hydrogens is 426 g/mol. The van der Waals surface area contributed by atoms with Gasteiger partial charge in [-0.2, -0.15) is 0 Å². The molecule has 6 nitrogen and oxygen atoms in total. The van der Waals surface area contributed by atoms with Crippen LogP contribution in [0.4, 0.5) is 0 Å². The van der Waals surface area contributed by atoms with E-state index in [1.165, 1.54) is 0 Å². The molecule has 174 valence electrons. The second-order valence-electron chi connectivity index (χ2n) is 9.36. The van der Waals surface area contributed by atoms with Crippen molar-refractivity contribution in [2.45, 2.75) is 38.9 Å². The molecule has 1 aliphatic rings. The van der Waals surface area contributed by atoms with Crippen molar-refractivity contribution < 1.29 is 14.0 Å². The number of fused-ring (bicyclic) bond motifs is 2. The molecule has 2 aromatic carbocycles. The molecule has 0 radical (unpaired) electrons. The van der Waals surface area contributed by atoms with E-state index in [-0.39, 0.29) is 30.3 Å². The van der Waals surface area contributed by atoms with E-state index in [1.807, 2.05) is 49.5 Å². The van der Waals surface area contributed by atoms with Crippen LogP contribution in [0.25, 0.3) is 10.9 Å². The Labute approximate surface area is 199 Å². The van der Waals surface area contributed by atoms with Gasteiger partial charge in [0.2, 0.25) is 5.91 Å². The predicted molar refractivity (Wildman–Crippen MR) is 131 cm³/mol. The maximum Gasteiger partial charge on any atom is 0.255 e. The third-order valence-corrected chi connectivity index (χ3v) is 6.57. The molecule has 34 heavy (non-hydrogen) atoms. The Hall–Kier alpha value is -3.80. The smallest absolute Gasteiger partial charge is 0.255 e. The highest BCUT2D eigenvalue weighted by atomic mass is 16.3. The number of benzene rings is 2. The Morgan fingerprint density at radius 2 is 1.79 bits per heavy atom. The zero-order chi connectivity index (χ0) is 23.8. The van der Waals surface area contributed by atoms with Gasteiger partial charge < -0.3 is 19.2 Å². The van der Waals surface area contributed by atoms with E-state index in [0.29, 0.717) is 17.7 Å². The van der Waals surface area contributed by atoms with Crippen LogP contribution >= 0.6 is 0 Å². The highest BCUT2D eigenvalue weighted by Gasteiger charge is 2.44. The van der Waals surface area contributed by atoms with E-state index in [2.05, 4.69) is 42.1 Å². The van der Waals surface area contributed by atoms with Crippen molar-refractivity contribution in [3.05, 3.63) is 95.6 Å². The summed E-state index contributed by atoms with van der Waals surface area (Å²) in [7, 11) is 2.01. The molecule has 3 heterocycles. The van der Waals surface area contributed by atoms with E-state index in [9.17, 15) is 9.59 Å². The Balaban J connectivity index is 1.60. The number of hydrogen-bond donors (Lipinski definition) is 1. The third kappa shape index (κ3) is 3.79. The molecule has 2 atom stereocenters. The molecule has 1 aliphatic heterocycles. The highest BCUT2D eigenvalue weighted by Crippen LogP contribution is 2.43. The van der Waals surface area contributed by atoms with Gasteiger partial charge in [0, 0.05) is 35.3 Å². The summed E-state index contributed by atoms with van der Waals surface area (Å²) in [6, 6.07) is 18.6. The topological polar surface area (TPSA) is 67.5 Å². The van der Waals surface area contributed by atoms with Crippen molar-refractivity contribution in [2.24, 2.45) is 13.0 Å². The van der Waals surface area contributed by atoms with Gasteiger partial charge in [-0.15, -0.1) is 0 Å². The van der Waals surface area contributed by atoms with Crippen LogP contribution in [0.2, 0.25) is 0 Å². The molecule has 5 rings (SSSR count). The summed E-state index contributed by atoms with van der Waals surface area (Å²) in [5.41, 5.74) is 3.73. The van der Waals surface area contributed by atoms with Gasteiger partial charge in [0.15, 0.2) is 0 Å². The summed E-state index contributed by atoms with van der Waals surface area (Å²) < 4.78 is 7.47. The van der Waals surface area contributed by atoms with Crippen LogP contribution in [0.3, 0.4) is 0 Å². The van der Waals surface area contributed by atoms with Crippen molar-refractivity contribution >= 4 is 22.7 Å². The van der Waals surface area contributed by atoms with E-state index < -0.39 is 6.04 Å². The predicted octanol–water partition coefficient (Wildman–Crippen LogP) is 5.05. The molecule has 0 spiro atoms. The Morgan fingerprint density at radius 1 is 1.03 bits per heavy atom. The van der Waals surface area contributed by atoms with Crippen LogP contribution in [-0.4, -0.2) is 27.3 Å². The number of carbonyl (C=O) groups is 2. The van der Waals surface area contributed by atoms with Gasteiger partial charge in [-0.1, -0.05) is 50.2 Å². The Bertz CT molecular complexity index is 1340. The van der Waals surface area contributed by atoms with Gasteiger partial charge in [-0.25, -0.2) is 0 Å². The van der Waals surface area contributed by atoms with Crippen LogP contribution in [0.15, 0.2) is 77.5 Å². The molecule has 2 amide bonds. The molecular formula is C28H29N3O3. The number of nitrogens with one attached hydrogen (secondary N) is 1. The van der Waals surface area contributed by atoms with Crippen molar-refractivity contribution in [1.82, 2.24) is 14.8 Å². The van der Waals surface area contributed by atoms with Crippen LogP contribution in [0, 0.1) is 5.92 Å². The summed E-state index contributed by atoms with van der Waals surface area (Å²) in [4.78, 5) is 29.2. The highest BCUT2D eigenvalue weighted by molar-refractivity contribution is 6.03. The van der Waals surface area contributed by atoms with Crippen molar-refractivity contribution in [3.63, 3.8) is 0 Å². The molecule has 0 saturated heterocycles. The average molecular weight is 456 g/mol. The third-order valence-electron chi connectivity index (χ3n) is 6.57. The zero-order valence-corrected chi connectivity index (χ0v) is 19.7. The van der Waals surface area contributed by atoms with Crippen LogP contribution in [-0.2, 0) is 18.4 Å². The van der Waals surface area contributed by atoms with Gasteiger partial charge >= 0.3 is 0 Å². The maximum absolute atomic E-state index is 13.8. The normalized spacial score (nSPS) is 16.3. The van der Waals surface area contributed by atoms with E-state index >= 15 is 0 Å². The molecule has 2 unspecified atom stereocenters. The van der Waals surface area contributed by atoms with Gasteiger partial charge in [0.05, 0.1) is 18.8 Å². The van der Waals surface area contributed by atoms with E-state index in [4.69, 9.17) is 4.42 Å². The molecule has 0 fully saturated rings. The molecule has 6 heteroatoms. The minimum absolute atomic E-state index is 0.104. The zero-order valence-electron chi connectivity index (χ0n) is 19.7. The Kier molecular flexibility index (Phi) is 5.74. The molecule has 2 aromatic heterocycles. The fourth-order valence-corrected chi connectivity index (χ4v) is 5.06. The number of carbonyl (C=O) groups excluding carboxylic acids is 2. The monoisotopic (exact) mass is 455 g/mol. The molecule has 0 saturated carbocycles. The second kappa shape index (κ2) is 8.86. The van der Waals surface area contributed by atoms with Crippen molar-refractivity contribution in [2.75, 3.05) is 0 Å². The standard InChI is InChI=1S/C28H29N3O3/c1-18(2)15-25(27(32)29-16-19-9-8-14-34-19)31-26(21-11-4-5-12-22(21)28(31)33)23-17-30(3)24-13-7-6-10-20(23)24/h4-14,17-18,25-26H,15-16H2,1-3H3,(H,29,32). The molecule has 4 aromatic rings.